The lowest BCUT2D eigenvalue weighted by Gasteiger charge is -2.22. The van der Waals surface area contributed by atoms with Crippen molar-refractivity contribution in [3.63, 3.8) is 0 Å². The highest BCUT2D eigenvalue weighted by Gasteiger charge is 2.41. The van der Waals surface area contributed by atoms with Crippen molar-refractivity contribution < 1.29 is 13.2 Å². The van der Waals surface area contributed by atoms with E-state index in [1.807, 2.05) is 0 Å². The SMILES string of the molecule is Cc1ncc(S(=O)(=O)N2CCCC2C(=O)NC2CC2)[nH]1. The highest BCUT2D eigenvalue weighted by molar-refractivity contribution is 7.89. The van der Waals surface area contributed by atoms with Crippen LogP contribution in [0.3, 0.4) is 0 Å². The molecule has 0 spiro atoms. The van der Waals surface area contributed by atoms with E-state index >= 15 is 0 Å². The van der Waals surface area contributed by atoms with Crippen molar-refractivity contribution in [3.05, 3.63) is 12.0 Å². The fourth-order valence-corrected chi connectivity index (χ4v) is 4.09. The van der Waals surface area contributed by atoms with Gasteiger partial charge in [0.05, 0.1) is 6.20 Å². The molecule has 0 bridgehead atoms. The Morgan fingerprint density at radius 3 is 2.80 bits per heavy atom. The summed E-state index contributed by atoms with van der Waals surface area (Å²) >= 11 is 0. The van der Waals surface area contributed by atoms with Gasteiger partial charge in [0.25, 0.3) is 10.0 Å². The molecule has 7 nitrogen and oxygen atoms in total. The van der Waals surface area contributed by atoms with E-state index in [1.54, 1.807) is 6.92 Å². The van der Waals surface area contributed by atoms with Gasteiger partial charge in [0.15, 0.2) is 5.03 Å². The summed E-state index contributed by atoms with van der Waals surface area (Å²) < 4.78 is 26.4. The van der Waals surface area contributed by atoms with Crippen LogP contribution in [-0.2, 0) is 14.8 Å². The van der Waals surface area contributed by atoms with Gasteiger partial charge in [-0.15, -0.1) is 0 Å². The van der Waals surface area contributed by atoms with Crippen LogP contribution < -0.4 is 5.32 Å². The summed E-state index contributed by atoms with van der Waals surface area (Å²) in [6.45, 7) is 2.07. The minimum Gasteiger partial charge on any atom is -0.352 e. The number of carbonyl (C=O) groups is 1. The van der Waals surface area contributed by atoms with E-state index in [9.17, 15) is 13.2 Å². The van der Waals surface area contributed by atoms with E-state index in [0.29, 0.717) is 25.2 Å². The van der Waals surface area contributed by atoms with Gasteiger partial charge in [0.1, 0.15) is 11.9 Å². The molecule has 1 aliphatic heterocycles. The maximum absolute atomic E-state index is 12.5. The first-order valence-electron chi connectivity index (χ1n) is 6.82. The van der Waals surface area contributed by atoms with Crippen molar-refractivity contribution in [2.24, 2.45) is 0 Å². The van der Waals surface area contributed by atoms with Crippen LogP contribution in [0.1, 0.15) is 31.5 Å². The zero-order valence-corrected chi connectivity index (χ0v) is 12.1. The molecular formula is C12H18N4O3S. The number of hydrogen-bond acceptors (Lipinski definition) is 4. The predicted molar refractivity (Wildman–Crippen MR) is 71.4 cm³/mol. The summed E-state index contributed by atoms with van der Waals surface area (Å²) in [5.41, 5.74) is 0. The summed E-state index contributed by atoms with van der Waals surface area (Å²) in [6.07, 6.45) is 4.56. The first-order chi connectivity index (χ1) is 9.48. The number of rotatable bonds is 4. The molecule has 1 saturated heterocycles. The normalized spacial score (nSPS) is 23.9. The molecule has 8 heteroatoms. The van der Waals surface area contributed by atoms with Crippen molar-refractivity contribution in [1.82, 2.24) is 19.6 Å². The van der Waals surface area contributed by atoms with Gasteiger partial charge in [0.2, 0.25) is 5.91 Å². The minimum atomic E-state index is -3.67. The van der Waals surface area contributed by atoms with E-state index < -0.39 is 16.1 Å². The van der Waals surface area contributed by atoms with Crippen molar-refractivity contribution in [3.8, 4) is 0 Å². The fraction of sp³-hybridized carbons (Fsp3) is 0.667. The monoisotopic (exact) mass is 298 g/mol. The van der Waals surface area contributed by atoms with E-state index in [1.165, 1.54) is 10.5 Å². The second kappa shape index (κ2) is 4.85. The third-order valence-corrected chi connectivity index (χ3v) is 5.51. The number of imidazole rings is 1. The maximum Gasteiger partial charge on any atom is 0.260 e. The number of aryl methyl sites for hydroxylation is 1. The second-order valence-electron chi connectivity index (χ2n) is 5.39. The Morgan fingerprint density at radius 1 is 1.45 bits per heavy atom. The van der Waals surface area contributed by atoms with Gasteiger partial charge < -0.3 is 10.3 Å². The van der Waals surface area contributed by atoms with Crippen molar-refractivity contribution in [2.45, 2.75) is 49.7 Å². The molecule has 1 saturated carbocycles. The van der Waals surface area contributed by atoms with Gasteiger partial charge in [-0.3, -0.25) is 4.79 Å². The molecule has 2 fully saturated rings. The Kier molecular flexibility index (Phi) is 3.29. The Bertz CT molecular complexity index is 620. The van der Waals surface area contributed by atoms with E-state index in [-0.39, 0.29) is 17.0 Å². The molecule has 110 valence electrons. The lowest BCUT2D eigenvalue weighted by atomic mass is 10.2. The number of nitrogens with zero attached hydrogens (tertiary/aromatic N) is 2. The average molecular weight is 298 g/mol. The Labute approximate surface area is 117 Å². The lowest BCUT2D eigenvalue weighted by molar-refractivity contribution is -0.124. The fourth-order valence-electron chi connectivity index (χ4n) is 2.47. The van der Waals surface area contributed by atoms with Gasteiger partial charge in [-0.1, -0.05) is 0 Å². The summed E-state index contributed by atoms with van der Waals surface area (Å²) in [4.78, 5) is 18.8. The van der Waals surface area contributed by atoms with Crippen molar-refractivity contribution in [1.29, 1.82) is 0 Å². The summed E-state index contributed by atoms with van der Waals surface area (Å²) in [6, 6.07) is -0.355. The third-order valence-electron chi connectivity index (χ3n) is 3.70. The number of carbonyl (C=O) groups excluding carboxylic acids is 1. The highest BCUT2D eigenvalue weighted by Crippen LogP contribution is 2.27. The maximum atomic E-state index is 12.5. The molecule has 3 rings (SSSR count). The molecular weight excluding hydrogens is 280 g/mol. The van der Waals surface area contributed by atoms with Crippen LogP contribution in [0.2, 0.25) is 0 Å². The zero-order valence-electron chi connectivity index (χ0n) is 11.3. The number of hydrogen-bond donors (Lipinski definition) is 2. The number of amides is 1. The first-order valence-corrected chi connectivity index (χ1v) is 8.26. The van der Waals surface area contributed by atoms with Crippen LogP contribution in [0.5, 0.6) is 0 Å². The van der Waals surface area contributed by atoms with Crippen LogP contribution in [0, 0.1) is 6.92 Å². The Hall–Kier alpha value is -1.41. The van der Waals surface area contributed by atoms with Crippen LogP contribution in [0.15, 0.2) is 11.2 Å². The van der Waals surface area contributed by atoms with Gasteiger partial charge in [-0.05, 0) is 32.6 Å². The topological polar surface area (TPSA) is 95.2 Å². The van der Waals surface area contributed by atoms with Crippen LogP contribution in [-0.4, -0.2) is 47.2 Å². The molecule has 1 aromatic heterocycles. The predicted octanol–water partition coefficient (Wildman–Crippen LogP) is 0.150. The third kappa shape index (κ3) is 2.45. The molecule has 0 aromatic carbocycles. The number of sulfonamides is 1. The van der Waals surface area contributed by atoms with Crippen molar-refractivity contribution in [2.75, 3.05) is 6.54 Å². The molecule has 1 aliphatic carbocycles. The zero-order chi connectivity index (χ0) is 14.3. The van der Waals surface area contributed by atoms with Gasteiger partial charge in [-0.25, -0.2) is 13.4 Å². The van der Waals surface area contributed by atoms with Gasteiger partial charge in [0, 0.05) is 12.6 Å². The molecule has 0 radical (unpaired) electrons. The standard InChI is InChI=1S/C12H18N4O3S/c1-8-13-7-11(14-8)20(18,19)16-6-2-3-10(16)12(17)15-9-4-5-9/h7,9-10H,2-6H2,1H3,(H,13,14)(H,15,17). The lowest BCUT2D eigenvalue weighted by Crippen LogP contribution is -2.46. The molecule has 2 heterocycles. The summed E-state index contributed by atoms with van der Waals surface area (Å²) in [7, 11) is -3.67. The molecule has 20 heavy (non-hydrogen) atoms. The van der Waals surface area contributed by atoms with Crippen LogP contribution in [0.25, 0.3) is 0 Å². The molecule has 1 aromatic rings. The smallest absolute Gasteiger partial charge is 0.260 e. The first kappa shape index (κ1) is 13.6. The molecule has 1 unspecified atom stereocenters. The number of aromatic nitrogens is 2. The average Bonchev–Trinajstić information content (AvgIpc) is 2.92. The molecule has 2 aliphatic rings. The quantitative estimate of drug-likeness (QED) is 0.827. The molecule has 1 amide bonds. The van der Waals surface area contributed by atoms with Crippen LogP contribution >= 0.6 is 0 Å². The van der Waals surface area contributed by atoms with E-state index in [2.05, 4.69) is 15.3 Å². The van der Waals surface area contributed by atoms with Gasteiger partial charge in [-0.2, -0.15) is 4.31 Å². The van der Waals surface area contributed by atoms with E-state index in [0.717, 1.165) is 12.8 Å². The molecule has 1 atom stereocenters. The summed E-state index contributed by atoms with van der Waals surface area (Å²) in [5.74, 6) is 0.367. The van der Waals surface area contributed by atoms with Gasteiger partial charge >= 0.3 is 0 Å². The second-order valence-corrected chi connectivity index (χ2v) is 7.25. The molecule has 2 N–H and O–H groups in total. The van der Waals surface area contributed by atoms with Crippen molar-refractivity contribution >= 4 is 15.9 Å². The minimum absolute atomic E-state index is 0.0566. The highest BCUT2D eigenvalue weighted by atomic mass is 32.2. The van der Waals surface area contributed by atoms with E-state index in [4.69, 9.17) is 0 Å². The Balaban J connectivity index is 1.82. The number of H-pyrrole nitrogens is 1. The number of aromatic amines is 1. The summed E-state index contributed by atoms with van der Waals surface area (Å²) in [5, 5.41) is 2.94. The number of nitrogens with one attached hydrogen (secondary N) is 2. The largest absolute Gasteiger partial charge is 0.352 e. The Morgan fingerprint density at radius 2 is 2.20 bits per heavy atom. The van der Waals surface area contributed by atoms with Crippen LogP contribution in [0.4, 0.5) is 0 Å².